The molecule has 86 valence electrons. The Labute approximate surface area is 100 Å². The predicted molar refractivity (Wildman–Crippen MR) is 60.2 cm³/mol. The molecule has 1 atom stereocenters. The van der Waals surface area contributed by atoms with Crippen molar-refractivity contribution in [2.75, 3.05) is 0 Å². The van der Waals surface area contributed by atoms with Crippen LogP contribution in [0.1, 0.15) is 17.3 Å². The Hall–Kier alpha value is -1.43. The molecule has 3 N–H and O–H groups in total. The van der Waals surface area contributed by atoms with Crippen molar-refractivity contribution < 1.29 is 14.0 Å². The second kappa shape index (κ2) is 5.07. The summed E-state index contributed by atoms with van der Waals surface area (Å²) in [5.74, 6) is -1.73. The molecule has 0 aliphatic carbocycles. The lowest BCUT2D eigenvalue weighted by Gasteiger charge is -2.10. The van der Waals surface area contributed by atoms with E-state index >= 15 is 0 Å². The van der Waals surface area contributed by atoms with Crippen molar-refractivity contribution in [3.05, 3.63) is 34.1 Å². The average molecular weight is 289 g/mol. The molecule has 0 fully saturated rings. The summed E-state index contributed by atoms with van der Waals surface area (Å²) in [6, 6.07) is 3.14. The molecule has 1 aromatic carbocycles. The molecule has 0 aliphatic heterocycles. The van der Waals surface area contributed by atoms with Crippen molar-refractivity contribution in [2.24, 2.45) is 5.73 Å². The summed E-state index contributed by atoms with van der Waals surface area (Å²) in [4.78, 5) is 22.2. The van der Waals surface area contributed by atoms with Crippen molar-refractivity contribution in [3.8, 4) is 0 Å². The number of amides is 2. The first kappa shape index (κ1) is 12.6. The molecule has 0 aromatic heterocycles. The summed E-state index contributed by atoms with van der Waals surface area (Å²) < 4.78 is 13.4. The zero-order valence-corrected chi connectivity index (χ0v) is 10.0. The van der Waals surface area contributed by atoms with Crippen LogP contribution >= 0.6 is 15.9 Å². The summed E-state index contributed by atoms with van der Waals surface area (Å²) in [6.07, 6.45) is 0. The van der Waals surface area contributed by atoms with Crippen LogP contribution in [0, 0.1) is 5.82 Å². The Kier molecular flexibility index (Phi) is 4.00. The lowest BCUT2D eigenvalue weighted by atomic mass is 10.2. The van der Waals surface area contributed by atoms with Crippen LogP contribution in [0.4, 0.5) is 4.39 Å². The average Bonchev–Trinajstić information content (AvgIpc) is 2.21. The van der Waals surface area contributed by atoms with Gasteiger partial charge in [-0.05, 0) is 41.1 Å². The quantitative estimate of drug-likeness (QED) is 0.877. The maximum Gasteiger partial charge on any atom is 0.252 e. The van der Waals surface area contributed by atoms with Gasteiger partial charge in [0.25, 0.3) is 5.91 Å². The SMILES string of the molecule is C[C@@H](NC(=O)c1ccc(Br)c(F)c1)C(N)=O. The summed E-state index contributed by atoms with van der Waals surface area (Å²) in [5.41, 5.74) is 5.11. The molecule has 2 amide bonds. The highest BCUT2D eigenvalue weighted by molar-refractivity contribution is 9.10. The number of rotatable bonds is 3. The summed E-state index contributed by atoms with van der Waals surface area (Å²) in [7, 11) is 0. The highest BCUT2D eigenvalue weighted by atomic mass is 79.9. The largest absolute Gasteiger partial charge is 0.368 e. The molecule has 1 aromatic rings. The number of primary amides is 1. The van der Waals surface area contributed by atoms with Gasteiger partial charge in [0.15, 0.2) is 0 Å². The van der Waals surface area contributed by atoms with E-state index in [0.29, 0.717) is 0 Å². The van der Waals surface area contributed by atoms with Crippen LogP contribution in [-0.4, -0.2) is 17.9 Å². The van der Waals surface area contributed by atoms with Gasteiger partial charge >= 0.3 is 0 Å². The number of nitrogens with one attached hydrogen (secondary N) is 1. The lowest BCUT2D eigenvalue weighted by molar-refractivity contribution is -0.119. The number of hydrogen-bond acceptors (Lipinski definition) is 2. The first-order chi connectivity index (χ1) is 7.41. The second-order valence-electron chi connectivity index (χ2n) is 3.23. The predicted octanol–water partition coefficient (Wildman–Crippen LogP) is 1.19. The number of halogens is 2. The van der Waals surface area contributed by atoms with E-state index in [1.54, 1.807) is 0 Å². The van der Waals surface area contributed by atoms with Crippen LogP contribution in [0.25, 0.3) is 0 Å². The topological polar surface area (TPSA) is 72.2 Å². The van der Waals surface area contributed by atoms with Gasteiger partial charge in [0.05, 0.1) is 4.47 Å². The molecule has 0 bridgehead atoms. The molecule has 6 heteroatoms. The summed E-state index contributed by atoms with van der Waals surface area (Å²) >= 11 is 2.97. The second-order valence-corrected chi connectivity index (χ2v) is 4.08. The molecule has 0 spiro atoms. The number of benzene rings is 1. The van der Waals surface area contributed by atoms with E-state index in [-0.39, 0.29) is 10.0 Å². The van der Waals surface area contributed by atoms with Gasteiger partial charge in [-0.25, -0.2) is 4.39 Å². The van der Waals surface area contributed by atoms with Gasteiger partial charge in [-0.3, -0.25) is 9.59 Å². The highest BCUT2D eigenvalue weighted by Crippen LogP contribution is 2.16. The fourth-order valence-electron chi connectivity index (χ4n) is 0.988. The molecular formula is C10H10BrFN2O2. The normalized spacial score (nSPS) is 11.9. The van der Waals surface area contributed by atoms with Gasteiger partial charge in [0.2, 0.25) is 5.91 Å². The number of hydrogen-bond donors (Lipinski definition) is 2. The van der Waals surface area contributed by atoms with Gasteiger partial charge in [-0.1, -0.05) is 0 Å². The van der Waals surface area contributed by atoms with Gasteiger partial charge in [0.1, 0.15) is 11.9 Å². The first-order valence-corrected chi connectivity index (χ1v) is 5.26. The standard InChI is InChI=1S/C10H10BrFN2O2/c1-5(9(13)15)14-10(16)6-2-3-7(11)8(12)4-6/h2-5H,1H3,(H2,13,15)(H,14,16)/t5-/m1/s1. The maximum absolute atomic E-state index is 13.1. The zero-order valence-electron chi connectivity index (χ0n) is 8.46. The zero-order chi connectivity index (χ0) is 12.3. The molecule has 4 nitrogen and oxygen atoms in total. The van der Waals surface area contributed by atoms with Gasteiger partial charge < -0.3 is 11.1 Å². The van der Waals surface area contributed by atoms with Crippen molar-refractivity contribution in [1.29, 1.82) is 0 Å². The van der Waals surface area contributed by atoms with Crippen LogP contribution in [0.15, 0.2) is 22.7 Å². The number of carbonyl (C=O) groups is 2. The van der Waals surface area contributed by atoms with Crippen LogP contribution in [0.3, 0.4) is 0 Å². The van der Waals surface area contributed by atoms with E-state index in [4.69, 9.17) is 5.73 Å². The lowest BCUT2D eigenvalue weighted by Crippen LogP contribution is -2.42. The first-order valence-electron chi connectivity index (χ1n) is 4.47. The Morgan fingerprint density at radius 2 is 2.12 bits per heavy atom. The Morgan fingerprint density at radius 3 is 2.62 bits per heavy atom. The smallest absolute Gasteiger partial charge is 0.252 e. The van der Waals surface area contributed by atoms with Crippen molar-refractivity contribution >= 4 is 27.7 Å². The molecule has 0 saturated carbocycles. The van der Waals surface area contributed by atoms with Crippen LogP contribution in [0.5, 0.6) is 0 Å². The fourth-order valence-corrected chi connectivity index (χ4v) is 1.24. The molecule has 0 unspecified atom stereocenters. The Bertz CT molecular complexity index is 437. The monoisotopic (exact) mass is 288 g/mol. The van der Waals surface area contributed by atoms with Gasteiger partial charge in [-0.15, -0.1) is 0 Å². The Balaban J connectivity index is 2.81. The van der Waals surface area contributed by atoms with Crippen molar-refractivity contribution in [3.63, 3.8) is 0 Å². The molecule has 0 radical (unpaired) electrons. The van der Waals surface area contributed by atoms with Crippen LogP contribution in [0.2, 0.25) is 0 Å². The van der Waals surface area contributed by atoms with E-state index < -0.39 is 23.7 Å². The molecular weight excluding hydrogens is 279 g/mol. The van der Waals surface area contributed by atoms with E-state index in [2.05, 4.69) is 21.2 Å². The fraction of sp³-hybridized carbons (Fsp3) is 0.200. The molecule has 0 heterocycles. The molecule has 16 heavy (non-hydrogen) atoms. The third kappa shape index (κ3) is 3.03. The van der Waals surface area contributed by atoms with E-state index in [9.17, 15) is 14.0 Å². The minimum Gasteiger partial charge on any atom is -0.368 e. The number of nitrogens with two attached hydrogens (primary N) is 1. The van der Waals surface area contributed by atoms with Crippen molar-refractivity contribution in [2.45, 2.75) is 13.0 Å². The Morgan fingerprint density at radius 1 is 1.50 bits per heavy atom. The molecule has 0 aliphatic rings. The van der Waals surface area contributed by atoms with E-state index in [1.807, 2.05) is 0 Å². The van der Waals surface area contributed by atoms with Crippen LogP contribution in [-0.2, 0) is 4.79 Å². The summed E-state index contributed by atoms with van der Waals surface area (Å²) in [5, 5.41) is 2.35. The van der Waals surface area contributed by atoms with Crippen LogP contribution < -0.4 is 11.1 Å². The van der Waals surface area contributed by atoms with Crippen molar-refractivity contribution in [1.82, 2.24) is 5.32 Å². The maximum atomic E-state index is 13.1. The van der Waals surface area contributed by atoms with E-state index in [1.165, 1.54) is 19.1 Å². The molecule has 1 rings (SSSR count). The van der Waals surface area contributed by atoms with E-state index in [0.717, 1.165) is 6.07 Å². The highest BCUT2D eigenvalue weighted by Gasteiger charge is 2.14. The number of carbonyl (C=O) groups excluding carboxylic acids is 2. The summed E-state index contributed by atoms with van der Waals surface area (Å²) in [6.45, 7) is 1.45. The third-order valence-corrected chi connectivity index (χ3v) is 2.60. The minimum absolute atomic E-state index is 0.133. The van der Waals surface area contributed by atoms with Gasteiger partial charge in [-0.2, -0.15) is 0 Å². The minimum atomic E-state index is -0.792. The van der Waals surface area contributed by atoms with Gasteiger partial charge in [0, 0.05) is 5.56 Å². The molecule has 0 saturated heterocycles. The third-order valence-electron chi connectivity index (χ3n) is 1.96.